The van der Waals surface area contributed by atoms with Crippen LogP contribution >= 0.6 is 23.2 Å². The molecule has 1 aliphatic heterocycles. The highest BCUT2D eigenvalue weighted by atomic mass is 35.5. The minimum absolute atomic E-state index is 0.140. The fraction of sp³-hybridized carbons (Fsp3) is 0.278. The van der Waals surface area contributed by atoms with Crippen molar-refractivity contribution in [2.45, 2.75) is 0 Å². The van der Waals surface area contributed by atoms with Crippen LogP contribution in [0.25, 0.3) is 0 Å². The number of para-hydroxylation sites is 1. The van der Waals surface area contributed by atoms with Gasteiger partial charge in [0.15, 0.2) is 6.61 Å². The molecule has 7 heteroatoms. The number of hydrogen-bond acceptors (Lipinski definition) is 4. The molecule has 2 aromatic rings. The van der Waals surface area contributed by atoms with Crippen molar-refractivity contribution < 1.29 is 14.3 Å². The predicted octanol–water partition coefficient (Wildman–Crippen LogP) is 3.85. The summed E-state index contributed by atoms with van der Waals surface area (Å²) < 4.78 is 10.9. The molecular formula is C18H18Cl2N2O3. The number of nitrogens with zero attached hydrogens (tertiary/aromatic N) is 1. The van der Waals surface area contributed by atoms with E-state index in [1.54, 1.807) is 30.3 Å². The molecule has 0 unspecified atom stereocenters. The van der Waals surface area contributed by atoms with Gasteiger partial charge in [0.2, 0.25) is 0 Å². The Balaban J connectivity index is 1.68. The Morgan fingerprint density at radius 2 is 1.92 bits per heavy atom. The van der Waals surface area contributed by atoms with Crippen LogP contribution in [0.1, 0.15) is 0 Å². The Bertz CT molecular complexity index is 749. The van der Waals surface area contributed by atoms with Crippen LogP contribution in [0, 0.1) is 0 Å². The number of carbonyl (C=O) groups is 1. The maximum atomic E-state index is 12.3. The number of halogens is 2. The minimum Gasteiger partial charge on any atom is -0.482 e. The summed E-state index contributed by atoms with van der Waals surface area (Å²) in [6.07, 6.45) is 0. The van der Waals surface area contributed by atoms with E-state index in [-0.39, 0.29) is 12.5 Å². The van der Waals surface area contributed by atoms with Gasteiger partial charge in [-0.05, 0) is 30.3 Å². The van der Waals surface area contributed by atoms with Gasteiger partial charge in [0.25, 0.3) is 5.91 Å². The number of carbonyl (C=O) groups excluding carboxylic acids is 1. The molecule has 0 atom stereocenters. The molecule has 0 bridgehead atoms. The highest BCUT2D eigenvalue weighted by Gasteiger charge is 2.17. The summed E-state index contributed by atoms with van der Waals surface area (Å²) in [5, 5.41) is 3.88. The lowest BCUT2D eigenvalue weighted by molar-refractivity contribution is -0.118. The third kappa shape index (κ3) is 4.78. The second kappa shape index (κ2) is 8.43. The van der Waals surface area contributed by atoms with Gasteiger partial charge in [-0.25, -0.2) is 0 Å². The van der Waals surface area contributed by atoms with Crippen molar-refractivity contribution in [2.75, 3.05) is 43.1 Å². The van der Waals surface area contributed by atoms with Crippen molar-refractivity contribution >= 4 is 40.5 Å². The zero-order chi connectivity index (χ0) is 17.6. The molecule has 1 N–H and O–H groups in total. The Hall–Kier alpha value is -1.95. The monoisotopic (exact) mass is 380 g/mol. The van der Waals surface area contributed by atoms with E-state index in [1.807, 2.05) is 12.1 Å². The normalized spacial score (nSPS) is 14.2. The minimum atomic E-state index is -0.281. The van der Waals surface area contributed by atoms with E-state index in [0.717, 1.165) is 18.8 Å². The molecule has 1 amide bonds. The standard InChI is InChI=1S/C18H18Cl2N2O3/c19-13-5-6-16(22-7-9-24-10-8-22)15(11-13)21-18(23)12-25-17-4-2-1-3-14(17)20/h1-6,11H,7-10,12H2,(H,21,23). The zero-order valence-corrected chi connectivity index (χ0v) is 15.0. The van der Waals surface area contributed by atoms with Crippen molar-refractivity contribution in [3.8, 4) is 5.75 Å². The quantitative estimate of drug-likeness (QED) is 0.855. The van der Waals surface area contributed by atoms with Gasteiger partial charge in [-0.2, -0.15) is 0 Å². The van der Waals surface area contributed by atoms with Crippen molar-refractivity contribution in [1.29, 1.82) is 0 Å². The van der Waals surface area contributed by atoms with Gasteiger partial charge < -0.3 is 19.7 Å². The summed E-state index contributed by atoms with van der Waals surface area (Å²) in [6.45, 7) is 2.71. The smallest absolute Gasteiger partial charge is 0.262 e. The number of anilines is 2. The summed E-state index contributed by atoms with van der Waals surface area (Å²) >= 11 is 12.1. The van der Waals surface area contributed by atoms with Crippen molar-refractivity contribution in [1.82, 2.24) is 0 Å². The first-order valence-electron chi connectivity index (χ1n) is 7.93. The lowest BCUT2D eigenvalue weighted by Gasteiger charge is -2.30. The van der Waals surface area contributed by atoms with Crippen molar-refractivity contribution in [3.05, 3.63) is 52.5 Å². The number of benzene rings is 2. The number of hydrogen-bond donors (Lipinski definition) is 1. The molecule has 0 saturated carbocycles. The second-order valence-electron chi connectivity index (χ2n) is 5.53. The second-order valence-corrected chi connectivity index (χ2v) is 6.37. The summed E-state index contributed by atoms with van der Waals surface area (Å²) in [5.74, 6) is 0.190. The van der Waals surface area contributed by atoms with Crippen LogP contribution in [0.2, 0.25) is 10.0 Å². The Morgan fingerprint density at radius 3 is 2.68 bits per heavy atom. The van der Waals surface area contributed by atoms with Gasteiger partial charge in [0, 0.05) is 18.1 Å². The molecule has 25 heavy (non-hydrogen) atoms. The molecule has 1 saturated heterocycles. The van der Waals surface area contributed by atoms with Crippen LogP contribution in [0.5, 0.6) is 5.75 Å². The Labute approximate surface area is 156 Å². The van der Waals surface area contributed by atoms with E-state index in [1.165, 1.54) is 0 Å². The van der Waals surface area contributed by atoms with Gasteiger partial charge in [0.1, 0.15) is 5.75 Å². The molecule has 0 aliphatic carbocycles. The summed E-state index contributed by atoms with van der Waals surface area (Å²) in [6, 6.07) is 12.5. The van der Waals surface area contributed by atoms with Crippen LogP contribution in [-0.4, -0.2) is 38.8 Å². The maximum absolute atomic E-state index is 12.3. The first-order valence-corrected chi connectivity index (χ1v) is 8.68. The molecule has 0 aromatic heterocycles. The molecule has 1 fully saturated rings. The van der Waals surface area contributed by atoms with E-state index >= 15 is 0 Å². The van der Waals surface area contributed by atoms with E-state index < -0.39 is 0 Å². The number of morpholine rings is 1. The van der Waals surface area contributed by atoms with Crippen LogP contribution in [0.3, 0.4) is 0 Å². The lowest BCUT2D eigenvalue weighted by atomic mass is 10.2. The maximum Gasteiger partial charge on any atom is 0.262 e. The lowest BCUT2D eigenvalue weighted by Crippen LogP contribution is -2.37. The molecule has 3 rings (SSSR count). The number of nitrogens with one attached hydrogen (secondary N) is 1. The average molecular weight is 381 g/mol. The first-order chi connectivity index (χ1) is 12.1. The molecule has 2 aromatic carbocycles. The van der Waals surface area contributed by atoms with Crippen LogP contribution in [0.4, 0.5) is 11.4 Å². The third-order valence-corrected chi connectivity index (χ3v) is 4.33. The molecule has 132 valence electrons. The number of rotatable bonds is 5. The number of amides is 1. The van der Waals surface area contributed by atoms with E-state index in [0.29, 0.717) is 34.7 Å². The Kier molecular flexibility index (Phi) is 6.02. The summed E-state index contributed by atoms with van der Waals surface area (Å²) in [4.78, 5) is 14.4. The molecule has 5 nitrogen and oxygen atoms in total. The van der Waals surface area contributed by atoms with Crippen LogP contribution < -0.4 is 15.0 Å². The van der Waals surface area contributed by atoms with Crippen LogP contribution in [0.15, 0.2) is 42.5 Å². The SMILES string of the molecule is O=C(COc1ccccc1Cl)Nc1cc(Cl)ccc1N1CCOCC1. The molecule has 0 spiro atoms. The summed E-state index contributed by atoms with van der Waals surface area (Å²) in [7, 11) is 0. The molecule has 1 heterocycles. The molecular weight excluding hydrogens is 363 g/mol. The van der Waals surface area contributed by atoms with Crippen molar-refractivity contribution in [3.63, 3.8) is 0 Å². The van der Waals surface area contributed by atoms with Gasteiger partial charge >= 0.3 is 0 Å². The van der Waals surface area contributed by atoms with Gasteiger partial charge in [0.05, 0.1) is 29.6 Å². The number of ether oxygens (including phenoxy) is 2. The highest BCUT2D eigenvalue weighted by molar-refractivity contribution is 6.32. The van der Waals surface area contributed by atoms with Gasteiger partial charge in [-0.1, -0.05) is 35.3 Å². The fourth-order valence-electron chi connectivity index (χ4n) is 2.58. The van der Waals surface area contributed by atoms with Crippen molar-refractivity contribution in [2.24, 2.45) is 0 Å². The van der Waals surface area contributed by atoms with E-state index in [2.05, 4.69) is 10.2 Å². The van der Waals surface area contributed by atoms with E-state index in [4.69, 9.17) is 32.7 Å². The highest BCUT2D eigenvalue weighted by Crippen LogP contribution is 2.30. The van der Waals surface area contributed by atoms with Crippen LogP contribution in [-0.2, 0) is 9.53 Å². The largest absolute Gasteiger partial charge is 0.482 e. The summed E-state index contributed by atoms with van der Waals surface area (Å²) in [5.41, 5.74) is 1.57. The third-order valence-electron chi connectivity index (χ3n) is 3.78. The zero-order valence-electron chi connectivity index (χ0n) is 13.5. The molecule has 0 radical (unpaired) electrons. The fourth-order valence-corrected chi connectivity index (χ4v) is 2.94. The Morgan fingerprint density at radius 1 is 1.16 bits per heavy atom. The topological polar surface area (TPSA) is 50.8 Å². The average Bonchev–Trinajstić information content (AvgIpc) is 2.62. The molecule has 1 aliphatic rings. The predicted molar refractivity (Wildman–Crippen MR) is 100 cm³/mol. The van der Waals surface area contributed by atoms with E-state index in [9.17, 15) is 4.79 Å². The van der Waals surface area contributed by atoms with Gasteiger partial charge in [-0.15, -0.1) is 0 Å². The van der Waals surface area contributed by atoms with Gasteiger partial charge in [-0.3, -0.25) is 4.79 Å². The first kappa shape index (κ1) is 17.9.